The minimum absolute atomic E-state index is 0.322. The molecule has 2 aromatic rings. The van der Waals surface area contributed by atoms with Gasteiger partial charge in [0.1, 0.15) is 0 Å². The van der Waals surface area contributed by atoms with E-state index in [1.807, 2.05) is 12.1 Å². The van der Waals surface area contributed by atoms with Gasteiger partial charge in [-0.3, -0.25) is 0 Å². The van der Waals surface area contributed by atoms with Gasteiger partial charge in [-0.25, -0.2) is 4.79 Å². The molecule has 0 radical (unpaired) electrons. The van der Waals surface area contributed by atoms with E-state index < -0.39 is 5.97 Å². The Morgan fingerprint density at radius 3 is 2.75 bits per heavy atom. The molecule has 0 unspecified atom stereocenters. The summed E-state index contributed by atoms with van der Waals surface area (Å²) >= 11 is 3.47. The Morgan fingerprint density at radius 2 is 2.00 bits per heavy atom. The van der Waals surface area contributed by atoms with Gasteiger partial charge in [0.2, 0.25) is 0 Å². The smallest absolute Gasteiger partial charge is 0.335 e. The van der Waals surface area contributed by atoms with Crippen molar-refractivity contribution in [2.75, 3.05) is 0 Å². The molecule has 0 atom stereocenters. The van der Waals surface area contributed by atoms with Crippen LogP contribution in [0.3, 0.4) is 0 Å². The number of nitrogens with one attached hydrogen (secondary N) is 1. The lowest BCUT2D eigenvalue weighted by atomic mass is 10.1. The van der Waals surface area contributed by atoms with Crippen LogP contribution < -0.4 is 5.32 Å². The van der Waals surface area contributed by atoms with Gasteiger partial charge in [0.05, 0.1) is 5.56 Å². The average Bonchev–Trinajstić information content (AvgIpc) is 2.43. The summed E-state index contributed by atoms with van der Waals surface area (Å²) in [6.45, 7) is 3.48. The van der Waals surface area contributed by atoms with Crippen molar-refractivity contribution in [2.24, 2.45) is 0 Å². The number of aromatic carboxylic acids is 1. The van der Waals surface area contributed by atoms with Gasteiger partial charge in [-0.2, -0.15) is 0 Å². The largest absolute Gasteiger partial charge is 0.478 e. The number of benzene rings is 2. The van der Waals surface area contributed by atoms with Crippen LogP contribution in [0, 0.1) is 6.92 Å². The number of hydrogen-bond acceptors (Lipinski definition) is 2. The minimum Gasteiger partial charge on any atom is -0.478 e. The Balaban J connectivity index is 1.97. The van der Waals surface area contributed by atoms with Gasteiger partial charge in [-0.15, -0.1) is 0 Å². The molecule has 0 saturated heterocycles. The maximum absolute atomic E-state index is 10.9. The third kappa shape index (κ3) is 3.92. The highest BCUT2D eigenvalue weighted by atomic mass is 79.9. The summed E-state index contributed by atoms with van der Waals surface area (Å²) in [5.41, 5.74) is 3.76. The van der Waals surface area contributed by atoms with Gasteiger partial charge in [0.25, 0.3) is 0 Å². The maximum Gasteiger partial charge on any atom is 0.335 e. The second kappa shape index (κ2) is 6.68. The monoisotopic (exact) mass is 333 g/mol. The predicted molar refractivity (Wildman–Crippen MR) is 82.8 cm³/mol. The zero-order chi connectivity index (χ0) is 14.5. The van der Waals surface area contributed by atoms with E-state index in [1.54, 1.807) is 18.2 Å². The molecule has 4 heteroatoms. The third-order valence-electron chi connectivity index (χ3n) is 3.13. The average molecular weight is 334 g/mol. The maximum atomic E-state index is 10.9. The van der Waals surface area contributed by atoms with Gasteiger partial charge >= 0.3 is 5.97 Å². The normalized spacial score (nSPS) is 10.5. The van der Waals surface area contributed by atoms with Gasteiger partial charge < -0.3 is 10.4 Å². The molecular formula is C16H16BrNO2. The summed E-state index contributed by atoms with van der Waals surface area (Å²) in [6, 6.07) is 13.2. The highest BCUT2D eigenvalue weighted by Crippen LogP contribution is 2.16. The van der Waals surface area contributed by atoms with E-state index in [2.05, 4.69) is 40.3 Å². The number of rotatable bonds is 5. The van der Waals surface area contributed by atoms with Gasteiger partial charge in [0, 0.05) is 17.6 Å². The third-order valence-corrected chi connectivity index (χ3v) is 3.62. The fourth-order valence-corrected chi connectivity index (χ4v) is 2.39. The molecule has 2 aromatic carbocycles. The van der Waals surface area contributed by atoms with E-state index >= 15 is 0 Å². The summed E-state index contributed by atoms with van der Waals surface area (Å²) in [7, 11) is 0. The lowest BCUT2D eigenvalue weighted by Gasteiger charge is -2.09. The lowest BCUT2D eigenvalue weighted by molar-refractivity contribution is 0.0696. The first-order chi connectivity index (χ1) is 9.56. The molecule has 104 valence electrons. The standard InChI is InChI=1S/C16H16BrNO2/c1-11-5-6-15(17)8-14(11)10-18-9-12-3-2-4-13(7-12)16(19)20/h2-8,18H,9-10H2,1H3,(H,19,20). The molecule has 0 fully saturated rings. The van der Waals surface area contributed by atoms with Crippen molar-refractivity contribution in [1.29, 1.82) is 0 Å². The first-order valence-electron chi connectivity index (χ1n) is 6.34. The van der Waals surface area contributed by atoms with Crippen LogP contribution in [0.1, 0.15) is 27.0 Å². The Kier molecular flexibility index (Phi) is 4.93. The van der Waals surface area contributed by atoms with E-state index in [-0.39, 0.29) is 0 Å². The summed E-state index contributed by atoms with van der Waals surface area (Å²) < 4.78 is 1.06. The van der Waals surface area contributed by atoms with E-state index in [4.69, 9.17) is 5.11 Å². The highest BCUT2D eigenvalue weighted by Gasteiger charge is 2.03. The van der Waals surface area contributed by atoms with E-state index in [0.29, 0.717) is 12.1 Å². The Morgan fingerprint density at radius 1 is 1.20 bits per heavy atom. The summed E-state index contributed by atoms with van der Waals surface area (Å²) in [6.07, 6.45) is 0. The van der Waals surface area contributed by atoms with E-state index in [1.165, 1.54) is 11.1 Å². The van der Waals surface area contributed by atoms with Crippen LogP contribution in [0.5, 0.6) is 0 Å². The second-order valence-electron chi connectivity index (χ2n) is 4.68. The summed E-state index contributed by atoms with van der Waals surface area (Å²) in [5, 5.41) is 12.3. The van der Waals surface area contributed by atoms with Crippen LogP contribution in [0.15, 0.2) is 46.9 Å². The second-order valence-corrected chi connectivity index (χ2v) is 5.60. The molecule has 0 aliphatic heterocycles. The SMILES string of the molecule is Cc1ccc(Br)cc1CNCc1cccc(C(=O)O)c1. The van der Waals surface area contributed by atoms with Gasteiger partial charge in [0.15, 0.2) is 0 Å². The molecule has 2 rings (SSSR count). The molecule has 0 heterocycles. The summed E-state index contributed by atoms with van der Waals surface area (Å²) in [4.78, 5) is 10.9. The Labute approximate surface area is 126 Å². The van der Waals surface area contributed by atoms with E-state index in [9.17, 15) is 4.79 Å². The molecule has 0 aliphatic carbocycles. The van der Waals surface area contributed by atoms with Crippen LogP contribution in [0.4, 0.5) is 0 Å². The van der Waals surface area contributed by atoms with Crippen LogP contribution in [0.2, 0.25) is 0 Å². The number of aryl methyl sites for hydroxylation is 1. The predicted octanol–water partition coefficient (Wildman–Crippen LogP) is 3.75. The topological polar surface area (TPSA) is 49.3 Å². The van der Waals surface area contributed by atoms with Crippen molar-refractivity contribution in [3.05, 3.63) is 69.2 Å². The molecule has 3 nitrogen and oxygen atoms in total. The molecule has 20 heavy (non-hydrogen) atoms. The lowest BCUT2D eigenvalue weighted by Crippen LogP contribution is -2.14. The van der Waals surface area contributed by atoms with Crippen LogP contribution in [-0.2, 0) is 13.1 Å². The van der Waals surface area contributed by atoms with Crippen molar-refractivity contribution in [3.63, 3.8) is 0 Å². The molecule has 0 bridgehead atoms. The van der Waals surface area contributed by atoms with Gasteiger partial charge in [-0.1, -0.05) is 34.1 Å². The molecule has 0 aromatic heterocycles. The molecule has 0 aliphatic rings. The minimum atomic E-state index is -0.894. The van der Waals surface area contributed by atoms with Gasteiger partial charge in [-0.05, 0) is 47.9 Å². The van der Waals surface area contributed by atoms with Crippen LogP contribution in [0.25, 0.3) is 0 Å². The van der Waals surface area contributed by atoms with Crippen molar-refractivity contribution in [3.8, 4) is 0 Å². The van der Waals surface area contributed by atoms with Crippen molar-refractivity contribution < 1.29 is 9.90 Å². The fraction of sp³-hybridized carbons (Fsp3) is 0.188. The number of hydrogen-bond donors (Lipinski definition) is 2. The zero-order valence-corrected chi connectivity index (χ0v) is 12.8. The molecule has 0 saturated carbocycles. The Hall–Kier alpha value is -1.65. The fourth-order valence-electron chi connectivity index (χ4n) is 1.99. The zero-order valence-electron chi connectivity index (χ0n) is 11.2. The summed E-state index contributed by atoms with van der Waals surface area (Å²) in [5.74, 6) is -0.894. The Bertz CT molecular complexity index is 626. The molecule has 2 N–H and O–H groups in total. The van der Waals surface area contributed by atoms with E-state index in [0.717, 1.165) is 16.6 Å². The molecule has 0 spiro atoms. The van der Waals surface area contributed by atoms with Crippen molar-refractivity contribution in [1.82, 2.24) is 5.32 Å². The van der Waals surface area contributed by atoms with Crippen LogP contribution in [-0.4, -0.2) is 11.1 Å². The number of carbonyl (C=O) groups is 1. The quantitative estimate of drug-likeness (QED) is 0.876. The molecular weight excluding hydrogens is 318 g/mol. The number of carboxylic acids is 1. The van der Waals surface area contributed by atoms with Crippen molar-refractivity contribution >= 4 is 21.9 Å². The highest BCUT2D eigenvalue weighted by molar-refractivity contribution is 9.10. The van der Waals surface area contributed by atoms with Crippen LogP contribution >= 0.6 is 15.9 Å². The number of halogens is 1. The molecule has 0 amide bonds. The first-order valence-corrected chi connectivity index (χ1v) is 7.13. The first kappa shape index (κ1) is 14.8. The number of carboxylic acid groups (broad SMARTS) is 1. The van der Waals surface area contributed by atoms with Crippen molar-refractivity contribution in [2.45, 2.75) is 20.0 Å².